The zero-order valence-electron chi connectivity index (χ0n) is 12.1. The SMILES string of the molecule is CCc1nc(CN(C)S(=O)(=O)c2cccnc2C(=O)O)cs1. The number of aromatic nitrogens is 2. The van der Waals surface area contributed by atoms with E-state index < -0.39 is 21.7 Å². The van der Waals surface area contributed by atoms with Crippen LogP contribution in [-0.4, -0.2) is 40.8 Å². The molecule has 0 fully saturated rings. The quantitative estimate of drug-likeness (QED) is 0.857. The minimum absolute atomic E-state index is 0.0762. The third kappa shape index (κ3) is 3.32. The Labute approximate surface area is 132 Å². The van der Waals surface area contributed by atoms with E-state index in [9.17, 15) is 13.2 Å². The van der Waals surface area contributed by atoms with Gasteiger partial charge in [-0.3, -0.25) is 0 Å². The monoisotopic (exact) mass is 341 g/mol. The highest BCUT2D eigenvalue weighted by atomic mass is 32.2. The third-order valence-electron chi connectivity index (χ3n) is 2.95. The molecular weight excluding hydrogens is 326 g/mol. The fraction of sp³-hybridized carbons (Fsp3) is 0.308. The average molecular weight is 341 g/mol. The molecule has 9 heteroatoms. The van der Waals surface area contributed by atoms with Gasteiger partial charge in [-0.15, -0.1) is 11.3 Å². The van der Waals surface area contributed by atoms with Gasteiger partial charge in [-0.2, -0.15) is 4.31 Å². The van der Waals surface area contributed by atoms with E-state index >= 15 is 0 Å². The van der Waals surface area contributed by atoms with E-state index in [1.807, 2.05) is 6.92 Å². The van der Waals surface area contributed by atoms with Crippen LogP contribution in [0.1, 0.15) is 28.1 Å². The van der Waals surface area contributed by atoms with Crippen molar-refractivity contribution in [3.63, 3.8) is 0 Å². The second-order valence-electron chi connectivity index (χ2n) is 4.50. The summed E-state index contributed by atoms with van der Waals surface area (Å²) in [7, 11) is -2.57. The molecule has 0 aromatic carbocycles. The van der Waals surface area contributed by atoms with E-state index in [1.54, 1.807) is 5.38 Å². The van der Waals surface area contributed by atoms with E-state index in [1.165, 1.54) is 36.7 Å². The first-order valence-electron chi connectivity index (χ1n) is 6.44. The number of aromatic carboxylic acids is 1. The predicted octanol–water partition coefficient (Wildman–Crippen LogP) is 1.62. The summed E-state index contributed by atoms with van der Waals surface area (Å²) in [5, 5.41) is 11.8. The Kier molecular flexibility index (Phi) is 4.89. The van der Waals surface area contributed by atoms with E-state index in [4.69, 9.17) is 5.11 Å². The molecule has 0 amide bonds. The van der Waals surface area contributed by atoms with E-state index in [0.717, 1.165) is 15.7 Å². The molecule has 0 saturated heterocycles. The largest absolute Gasteiger partial charge is 0.476 e. The average Bonchev–Trinajstić information content (AvgIpc) is 2.94. The number of aryl methyl sites for hydroxylation is 1. The Morgan fingerprint density at radius 3 is 2.77 bits per heavy atom. The lowest BCUT2D eigenvalue weighted by molar-refractivity contribution is 0.0685. The molecule has 0 radical (unpaired) electrons. The maximum atomic E-state index is 12.5. The van der Waals surface area contributed by atoms with Crippen molar-refractivity contribution in [3.05, 3.63) is 40.1 Å². The number of hydrogen-bond acceptors (Lipinski definition) is 6. The van der Waals surface area contributed by atoms with Crippen molar-refractivity contribution in [2.24, 2.45) is 0 Å². The number of pyridine rings is 1. The van der Waals surface area contributed by atoms with E-state index in [-0.39, 0.29) is 11.4 Å². The van der Waals surface area contributed by atoms with Crippen molar-refractivity contribution in [2.45, 2.75) is 24.8 Å². The summed E-state index contributed by atoms with van der Waals surface area (Å²) in [6.45, 7) is 2.05. The number of rotatable bonds is 6. The molecule has 7 nitrogen and oxygen atoms in total. The van der Waals surface area contributed by atoms with Gasteiger partial charge in [0.1, 0.15) is 4.90 Å². The maximum Gasteiger partial charge on any atom is 0.355 e. The topological polar surface area (TPSA) is 100 Å². The Balaban J connectivity index is 2.31. The number of hydrogen-bond donors (Lipinski definition) is 1. The van der Waals surface area contributed by atoms with Crippen LogP contribution in [0.2, 0.25) is 0 Å². The molecule has 0 saturated carbocycles. The molecular formula is C13H15N3O4S2. The van der Waals surface area contributed by atoms with Crippen LogP contribution >= 0.6 is 11.3 Å². The van der Waals surface area contributed by atoms with E-state index in [2.05, 4.69) is 9.97 Å². The molecule has 0 aliphatic carbocycles. The summed E-state index contributed by atoms with van der Waals surface area (Å²) in [6, 6.07) is 2.63. The molecule has 0 unspecified atom stereocenters. The lowest BCUT2D eigenvalue weighted by Crippen LogP contribution is -2.28. The number of carbonyl (C=O) groups is 1. The van der Waals surface area contributed by atoms with Crippen LogP contribution in [0.5, 0.6) is 0 Å². The zero-order valence-corrected chi connectivity index (χ0v) is 13.7. The van der Waals surface area contributed by atoms with Crippen molar-refractivity contribution in [2.75, 3.05) is 7.05 Å². The summed E-state index contributed by atoms with van der Waals surface area (Å²) in [5.74, 6) is -1.38. The number of carboxylic acid groups (broad SMARTS) is 1. The first-order chi connectivity index (χ1) is 10.4. The molecule has 0 aliphatic rings. The molecule has 1 N–H and O–H groups in total. The predicted molar refractivity (Wildman–Crippen MR) is 81.3 cm³/mol. The molecule has 2 aromatic rings. The molecule has 22 heavy (non-hydrogen) atoms. The van der Waals surface area contributed by atoms with Crippen LogP contribution in [0.4, 0.5) is 0 Å². The molecule has 2 aromatic heterocycles. The standard InChI is InChI=1S/C13H15N3O4S2/c1-3-11-15-9(8-21-11)7-16(2)22(19,20)10-5-4-6-14-12(10)13(17)18/h4-6,8H,3,7H2,1-2H3,(H,17,18). The smallest absolute Gasteiger partial charge is 0.355 e. The van der Waals surface area contributed by atoms with Gasteiger partial charge in [0.05, 0.1) is 17.2 Å². The lowest BCUT2D eigenvalue weighted by atomic mass is 10.3. The van der Waals surface area contributed by atoms with Crippen LogP contribution in [0, 0.1) is 0 Å². The van der Waals surface area contributed by atoms with Crippen molar-refractivity contribution >= 4 is 27.3 Å². The Morgan fingerprint density at radius 1 is 1.45 bits per heavy atom. The summed E-state index contributed by atoms with van der Waals surface area (Å²) < 4.78 is 26.1. The minimum Gasteiger partial charge on any atom is -0.476 e. The van der Waals surface area contributed by atoms with Crippen LogP contribution in [0.15, 0.2) is 28.6 Å². The highest BCUT2D eigenvalue weighted by molar-refractivity contribution is 7.89. The second kappa shape index (κ2) is 6.51. The van der Waals surface area contributed by atoms with Gasteiger partial charge >= 0.3 is 5.97 Å². The third-order valence-corrected chi connectivity index (χ3v) is 5.82. The molecule has 118 valence electrons. The molecule has 2 rings (SSSR count). The fourth-order valence-electron chi connectivity index (χ4n) is 1.82. The Morgan fingerprint density at radius 2 is 2.18 bits per heavy atom. The number of carboxylic acids is 1. The number of thiazole rings is 1. The summed E-state index contributed by atoms with van der Waals surface area (Å²) in [6.07, 6.45) is 2.03. The maximum absolute atomic E-state index is 12.5. The van der Waals surface area contributed by atoms with Gasteiger partial charge in [-0.1, -0.05) is 6.92 Å². The second-order valence-corrected chi connectivity index (χ2v) is 7.46. The van der Waals surface area contributed by atoms with Gasteiger partial charge in [0.15, 0.2) is 5.69 Å². The summed E-state index contributed by atoms with van der Waals surface area (Å²) in [5.41, 5.74) is 0.149. The van der Waals surface area contributed by atoms with Crippen LogP contribution < -0.4 is 0 Å². The molecule has 0 bridgehead atoms. The van der Waals surface area contributed by atoms with Crippen molar-refractivity contribution < 1.29 is 18.3 Å². The fourth-order valence-corrected chi connectivity index (χ4v) is 3.83. The zero-order chi connectivity index (χ0) is 16.3. The van der Waals surface area contributed by atoms with Crippen molar-refractivity contribution in [3.8, 4) is 0 Å². The van der Waals surface area contributed by atoms with Gasteiger partial charge in [-0.25, -0.2) is 23.2 Å². The van der Waals surface area contributed by atoms with Gasteiger partial charge in [0.2, 0.25) is 10.0 Å². The Hall–Kier alpha value is -1.84. The lowest BCUT2D eigenvalue weighted by Gasteiger charge is -2.16. The van der Waals surface area contributed by atoms with Gasteiger partial charge in [0.25, 0.3) is 0 Å². The van der Waals surface area contributed by atoms with E-state index in [0.29, 0.717) is 5.69 Å². The van der Waals surface area contributed by atoms with Crippen molar-refractivity contribution in [1.82, 2.24) is 14.3 Å². The normalized spacial score (nSPS) is 11.8. The van der Waals surface area contributed by atoms with Gasteiger partial charge < -0.3 is 5.11 Å². The van der Waals surface area contributed by atoms with Crippen LogP contribution in [0.25, 0.3) is 0 Å². The minimum atomic E-state index is -3.96. The number of nitrogens with zero attached hydrogens (tertiary/aromatic N) is 3. The first kappa shape index (κ1) is 16.5. The van der Waals surface area contributed by atoms with Crippen LogP contribution in [0.3, 0.4) is 0 Å². The molecule has 0 aliphatic heterocycles. The summed E-state index contributed by atoms with van der Waals surface area (Å²) >= 11 is 1.47. The molecule has 0 spiro atoms. The first-order valence-corrected chi connectivity index (χ1v) is 8.76. The van der Waals surface area contributed by atoms with Crippen molar-refractivity contribution in [1.29, 1.82) is 0 Å². The highest BCUT2D eigenvalue weighted by Gasteiger charge is 2.27. The van der Waals surface area contributed by atoms with Gasteiger partial charge in [-0.05, 0) is 18.6 Å². The number of sulfonamides is 1. The van der Waals surface area contributed by atoms with Gasteiger partial charge in [0, 0.05) is 18.6 Å². The molecule has 2 heterocycles. The molecule has 0 atom stereocenters. The summed E-state index contributed by atoms with van der Waals surface area (Å²) in [4.78, 5) is 18.8. The van der Waals surface area contributed by atoms with Crippen LogP contribution in [-0.2, 0) is 23.0 Å². The highest BCUT2D eigenvalue weighted by Crippen LogP contribution is 2.20. The Bertz CT molecular complexity index is 786.